The maximum Gasteiger partial charge on any atom is 0.319 e. The smallest absolute Gasteiger partial charge is 0.319 e. The minimum atomic E-state index is -3.72. The molecule has 1 saturated carbocycles. The number of aromatic hydroxyl groups is 1. The van der Waals surface area contributed by atoms with Gasteiger partial charge in [0.05, 0.1) is 22.0 Å². The summed E-state index contributed by atoms with van der Waals surface area (Å²) in [5.74, 6) is -0.506. The van der Waals surface area contributed by atoms with Gasteiger partial charge < -0.3 is 15.7 Å². The Morgan fingerprint density at radius 2 is 2.00 bits per heavy atom. The SMILES string of the molecule is CC1=CCCC1NC(=O)Nc1ccc(Cl)c(S(=O)(=O)C2CCC2)c1O. The minimum absolute atomic E-state index is 0.0272. The van der Waals surface area contributed by atoms with E-state index in [-0.39, 0.29) is 21.6 Å². The molecule has 25 heavy (non-hydrogen) atoms. The molecule has 2 amide bonds. The summed E-state index contributed by atoms with van der Waals surface area (Å²) >= 11 is 6.03. The Hall–Kier alpha value is -1.73. The first kappa shape index (κ1) is 18.1. The first-order valence-corrected chi connectivity index (χ1v) is 10.2. The largest absolute Gasteiger partial charge is 0.504 e. The van der Waals surface area contributed by atoms with Crippen LogP contribution in [-0.4, -0.2) is 30.8 Å². The summed E-state index contributed by atoms with van der Waals surface area (Å²) in [7, 11) is -3.72. The first-order valence-electron chi connectivity index (χ1n) is 8.30. The van der Waals surface area contributed by atoms with Crippen molar-refractivity contribution in [2.75, 3.05) is 5.32 Å². The van der Waals surface area contributed by atoms with Gasteiger partial charge in [-0.05, 0) is 44.7 Å². The van der Waals surface area contributed by atoms with Crippen molar-refractivity contribution in [3.63, 3.8) is 0 Å². The van der Waals surface area contributed by atoms with Gasteiger partial charge >= 0.3 is 6.03 Å². The number of anilines is 1. The molecule has 1 fully saturated rings. The van der Waals surface area contributed by atoms with E-state index in [4.69, 9.17) is 11.6 Å². The number of phenolic OH excluding ortho intramolecular Hbond substituents is 1. The molecule has 8 heteroatoms. The number of allylic oxidation sites excluding steroid dienone is 1. The fraction of sp³-hybridized carbons (Fsp3) is 0.471. The summed E-state index contributed by atoms with van der Waals surface area (Å²) in [6.07, 6.45) is 5.76. The van der Waals surface area contributed by atoms with E-state index in [9.17, 15) is 18.3 Å². The third-order valence-electron chi connectivity index (χ3n) is 4.88. The van der Waals surface area contributed by atoms with E-state index in [1.165, 1.54) is 12.1 Å². The Bertz CT molecular complexity index is 831. The summed E-state index contributed by atoms with van der Waals surface area (Å²) < 4.78 is 25.3. The molecule has 136 valence electrons. The van der Waals surface area contributed by atoms with Crippen LogP contribution in [0.25, 0.3) is 0 Å². The first-order chi connectivity index (χ1) is 11.8. The lowest BCUT2D eigenvalue weighted by Crippen LogP contribution is -2.37. The van der Waals surface area contributed by atoms with E-state index in [0.717, 1.165) is 24.8 Å². The summed E-state index contributed by atoms with van der Waals surface area (Å²) in [5.41, 5.74) is 1.11. The zero-order chi connectivity index (χ0) is 18.2. The van der Waals surface area contributed by atoms with E-state index >= 15 is 0 Å². The van der Waals surface area contributed by atoms with Crippen molar-refractivity contribution in [1.29, 1.82) is 0 Å². The highest BCUT2D eigenvalue weighted by Crippen LogP contribution is 2.42. The van der Waals surface area contributed by atoms with Gasteiger partial charge in [0, 0.05) is 0 Å². The molecule has 1 unspecified atom stereocenters. The second kappa shape index (κ2) is 6.88. The van der Waals surface area contributed by atoms with E-state index in [0.29, 0.717) is 12.8 Å². The third kappa shape index (κ3) is 3.48. The lowest BCUT2D eigenvalue weighted by Gasteiger charge is -2.26. The topological polar surface area (TPSA) is 95.5 Å². The van der Waals surface area contributed by atoms with Crippen LogP contribution in [0.1, 0.15) is 39.0 Å². The van der Waals surface area contributed by atoms with Crippen LogP contribution in [0.15, 0.2) is 28.7 Å². The van der Waals surface area contributed by atoms with Crippen LogP contribution in [0, 0.1) is 0 Å². The average molecular weight is 385 g/mol. The Balaban J connectivity index is 1.82. The minimum Gasteiger partial charge on any atom is -0.504 e. The Labute approximate surface area is 152 Å². The number of amides is 2. The molecule has 3 rings (SSSR count). The molecule has 1 aromatic rings. The third-order valence-corrected chi connectivity index (χ3v) is 7.64. The number of nitrogens with one attached hydrogen (secondary N) is 2. The maximum atomic E-state index is 12.6. The van der Waals surface area contributed by atoms with Crippen LogP contribution in [-0.2, 0) is 9.84 Å². The van der Waals surface area contributed by atoms with Gasteiger partial charge in [-0.2, -0.15) is 0 Å². The standard InChI is InChI=1S/C17H21ClN2O4S/c1-10-4-2-7-13(10)19-17(22)20-14-9-8-12(18)16(15(14)21)25(23,24)11-5-3-6-11/h4,8-9,11,13,21H,2-3,5-7H2,1H3,(H2,19,20,22). The van der Waals surface area contributed by atoms with E-state index in [1.54, 1.807) is 0 Å². The van der Waals surface area contributed by atoms with Gasteiger partial charge in [0.2, 0.25) is 0 Å². The molecule has 6 nitrogen and oxygen atoms in total. The molecule has 3 N–H and O–H groups in total. The average Bonchev–Trinajstić information content (AvgIpc) is 2.85. The van der Waals surface area contributed by atoms with E-state index in [2.05, 4.69) is 16.7 Å². The Morgan fingerprint density at radius 3 is 2.56 bits per heavy atom. The van der Waals surface area contributed by atoms with Gasteiger partial charge in [0.25, 0.3) is 0 Å². The van der Waals surface area contributed by atoms with Crippen LogP contribution >= 0.6 is 11.6 Å². The molecule has 0 spiro atoms. The second-order valence-electron chi connectivity index (χ2n) is 6.55. The van der Waals surface area contributed by atoms with Gasteiger partial charge in [-0.15, -0.1) is 0 Å². The summed E-state index contributed by atoms with van der Waals surface area (Å²) in [6, 6.07) is 2.23. The van der Waals surface area contributed by atoms with Gasteiger partial charge in [0.1, 0.15) is 4.90 Å². The molecule has 0 aromatic heterocycles. The van der Waals surface area contributed by atoms with Crippen LogP contribution < -0.4 is 10.6 Å². The van der Waals surface area contributed by atoms with Crippen molar-refractivity contribution in [3.8, 4) is 5.75 Å². The van der Waals surface area contributed by atoms with Crippen LogP contribution in [0.3, 0.4) is 0 Å². The predicted octanol–water partition coefficient (Wildman–Crippen LogP) is 3.60. The van der Waals surface area contributed by atoms with Crippen LogP contribution in [0.4, 0.5) is 10.5 Å². The van der Waals surface area contributed by atoms with Crippen molar-refractivity contribution in [1.82, 2.24) is 5.32 Å². The lowest BCUT2D eigenvalue weighted by molar-refractivity contribution is 0.249. The predicted molar refractivity (Wildman–Crippen MR) is 96.9 cm³/mol. The molecular weight excluding hydrogens is 364 g/mol. The zero-order valence-corrected chi connectivity index (χ0v) is 15.5. The number of hydrogen-bond donors (Lipinski definition) is 3. The van der Waals surface area contributed by atoms with Crippen LogP contribution in [0.2, 0.25) is 5.02 Å². The van der Waals surface area contributed by atoms with Gasteiger partial charge in [-0.3, -0.25) is 0 Å². The number of phenols is 1. The molecule has 1 aromatic carbocycles. The van der Waals surface area contributed by atoms with Crippen molar-refractivity contribution in [2.45, 2.75) is 55.2 Å². The highest BCUT2D eigenvalue weighted by Gasteiger charge is 2.36. The highest BCUT2D eigenvalue weighted by molar-refractivity contribution is 7.92. The fourth-order valence-electron chi connectivity index (χ4n) is 3.12. The van der Waals surface area contributed by atoms with E-state index < -0.39 is 26.9 Å². The van der Waals surface area contributed by atoms with Crippen molar-refractivity contribution in [3.05, 3.63) is 28.8 Å². The molecule has 1 atom stereocenters. The molecule has 0 saturated heterocycles. The summed E-state index contributed by atoms with van der Waals surface area (Å²) in [4.78, 5) is 11.9. The van der Waals surface area contributed by atoms with Crippen molar-refractivity contribution in [2.24, 2.45) is 0 Å². The normalized spacial score (nSPS) is 20.7. The fourth-order valence-corrected chi connectivity index (χ4v) is 5.60. The molecule has 0 bridgehead atoms. The Kier molecular flexibility index (Phi) is 4.97. The number of rotatable bonds is 4. The molecule has 0 radical (unpaired) electrons. The number of carbonyl (C=O) groups excluding carboxylic acids is 1. The van der Waals surface area contributed by atoms with Crippen molar-refractivity contribution < 1.29 is 18.3 Å². The van der Waals surface area contributed by atoms with Gasteiger partial charge in [-0.1, -0.05) is 29.7 Å². The number of halogens is 1. The molecule has 0 heterocycles. The molecule has 2 aliphatic rings. The Morgan fingerprint density at radius 1 is 1.28 bits per heavy atom. The van der Waals surface area contributed by atoms with Gasteiger partial charge in [-0.25, -0.2) is 13.2 Å². The maximum absolute atomic E-state index is 12.6. The highest BCUT2D eigenvalue weighted by atomic mass is 35.5. The van der Waals surface area contributed by atoms with E-state index in [1.807, 2.05) is 6.92 Å². The monoisotopic (exact) mass is 384 g/mol. The van der Waals surface area contributed by atoms with Crippen LogP contribution in [0.5, 0.6) is 5.75 Å². The van der Waals surface area contributed by atoms with Gasteiger partial charge in [0.15, 0.2) is 15.6 Å². The zero-order valence-electron chi connectivity index (χ0n) is 13.9. The molecule has 0 aliphatic heterocycles. The number of benzene rings is 1. The number of hydrogen-bond acceptors (Lipinski definition) is 4. The number of urea groups is 1. The summed E-state index contributed by atoms with van der Waals surface area (Å²) in [6.45, 7) is 1.95. The quantitative estimate of drug-likeness (QED) is 0.546. The molecule has 2 aliphatic carbocycles. The molecular formula is C17H21ClN2O4S. The number of sulfone groups is 1. The second-order valence-corrected chi connectivity index (χ2v) is 9.12. The summed E-state index contributed by atoms with van der Waals surface area (Å²) in [5, 5.41) is 15.2. The number of carbonyl (C=O) groups is 1. The lowest BCUT2D eigenvalue weighted by atomic mass is 10.00. The van der Waals surface area contributed by atoms with Crippen molar-refractivity contribution >= 4 is 33.2 Å².